The first-order chi connectivity index (χ1) is 15.6. The zero-order valence-electron chi connectivity index (χ0n) is 16.8. The molecule has 2 atom stereocenters. The van der Waals surface area contributed by atoms with Crippen molar-refractivity contribution in [2.24, 2.45) is 10.3 Å². The van der Waals surface area contributed by atoms with Gasteiger partial charge in [0.2, 0.25) is 11.7 Å². The number of rotatable bonds is 4. The van der Waals surface area contributed by atoms with Gasteiger partial charge >= 0.3 is 0 Å². The van der Waals surface area contributed by atoms with E-state index in [-0.39, 0.29) is 24.2 Å². The highest BCUT2D eigenvalue weighted by Gasteiger charge is 2.55. The molecule has 0 saturated carbocycles. The second-order valence-corrected chi connectivity index (χ2v) is 8.41. The number of imide groups is 1. The molecule has 1 aromatic heterocycles. The molecule has 0 radical (unpaired) electrons. The summed E-state index contributed by atoms with van der Waals surface area (Å²) in [4.78, 5) is 31.8. The van der Waals surface area contributed by atoms with Gasteiger partial charge in [-0.25, -0.2) is 4.90 Å². The molecule has 2 aromatic carbocycles. The van der Waals surface area contributed by atoms with Crippen molar-refractivity contribution in [3.63, 3.8) is 0 Å². The SMILES string of the molecule is O=C1[C@H]2N=NN(Cc3nc(-c4ccccc4Cl)no3)[C@H]2C(=O)N1c1ccc2c(c1)CCC2. The maximum absolute atomic E-state index is 13.2. The lowest BCUT2D eigenvalue weighted by Crippen LogP contribution is -2.39. The normalized spacial score (nSPS) is 21.5. The average Bonchev–Trinajstić information content (AvgIpc) is 3.56. The van der Waals surface area contributed by atoms with Crippen molar-refractivity contribution in [3.05, 3.63) is 64.5 Å². The Bertz CT molecular complexity index is 1290. The van der Waals surface area contributed by atoms with Crippen LogP contribution in [0.25, 0.3) is 11.4 Å². The number of hydrogen-bond acceptors (Lipinski definition) is 8. The molecule has 0 unspecified atom stereocenters. The zero-order chi connectivity index (χ0) is 21.8. The second-order valence-electron chi connectivity index (χ2n) is 8.00. The van der Waals surface area contributed by atoms with Crippen molar-refractivity contribution in [2.45, 2.75) is 37.9 Å². The van der Waals surface area contributed by atoms with E-state index >= 15 is 0 Å². The number of anilines is 1. The Morgan fingerprint density at radius 1 is 1.06 bits per heavy atom. The Morgan fingerprint density at radius 2 is 1.91 bits per heavy atom. The number of carbonyl (C=O) groups excluding carboxylic acids is 2. The van der Waals surface area contributed by atoms with Gasteiger partial charge in [0.05, 0.1) is 10.7 Å². The molecule has 3 heterocycles. The lowest BCUT2D eigenvalue weighted by atomic mass is 10.1. The molecule has 0 bridgehead atoms. The Balaban J connectivity index is 1.24. The van der Waals surface area contributed by atoms with Gasteiger partial charge in [-0.05, 0) is 54.7 Å². The molecule has 160 valence electrons. The first-order valence-corrected chi connectivity index (χ1v) is 10.7. The quantitative estimate of drug-likeness (QED) is 0.567. The molecule has 1 aliphatic carbocycles. The minimum Gasteiger partial charge on any atom is -0.337 e. The van der Waals surface area contributed by atoms with Crippen LogP contribution in [0.4, 0.5) is 5.69 Å². The van der Waals surface area contributed by atoms with Gasteiger partial charge in [-0.1, -0.05) is 40.2 Å². The summed E-state index contributed by atoms with van der Waals surface area (Å²) in [5, 5.41) is 14.0. The van der Waals surface area contributed by atoms with Gasteiger partial charge in [0.1, 0.15) is 6.54 Å². The molecule has 1 saturated heterocycles. The molecule has 0 spiro atoms. The van der Waals surface area contributed by atoms with Crippen molar-refractivity contribution in [1.82, 2.24) is 15.1 Å². The number of aryl methyl sites for hydroxylation is 2. The van der Waals surface area contributed by atoms with Crippen molar-refractivity contribution >= 4 is 29.1 Å². The number of carbonyl (C=O) groups is 2. The third kappa shape index (κ3) is 2.92. The second kappa shape index (κ2) is 7.23. The first kappa shape index (κ1) is 19.1. The topological polar surface area (TPSA) is 104 Å². The molecule has 10 heteroatoms. The monoisotopic (exact) mass is 448 g/mol. The molecule has 2 amide bonds. The number of benzene rings is 2. The van der Waals surface area contributed by atoms with Crippen LogP contribution in [-0.4, -0.2) is 39.0 Å². The van der Waals surface area contributed by atoms with Crippen LogP contribution < -0.4 is 4.90 Å². The van der Waals surface area contributed by atoms with E-state index < -0.39 is 12.1 Å². The zero-order valence-corrected chi connectivity index (χ0v) is 17.6. The van der Waals surface area contributed by atoms with Gasteiger partial charge in [0.25, 0.3) is 11.8 Å². The molecule has 9 nitrogen and oxygen atoms in total. The van der Waals surface area contributed by atoms with Crippen LogP contribution in [0.2, 0.25) is 5.02 Å². The summed E-state index contributed by atoms with van der Waals surface area (Å²) in [5.74, 6) is -0.136. The Labute approximate surface area is 187 Å². The number of aromatic nitrogens is 2. The Morgan fingerprint density at radius 3 is 2.78 bits per heavy atom. The maximum Gasteiger partial charge on any atom is 0.263 e. The predicted octanol–water partition coefficient (Wildman–Crippen LogP) is 3.37. The molecule has 0 N–H and O–H groups in total. The first-order valence-electron chi connectivity index (χ1n) is 10.3. The van der Waals surface area contributed by atoms with E-state index in [1.807, 2.05) is 30.3 Å². The van der Waals surface area contributed by atoms with Crippen LogP contribution >= 0.6 is 11.6 Å². The molecular weight excluding hydrogens is 432 g/mol. The molecule has 3 aromatic rings. The van der Waals surface area contributed by atoms with Crippen LogP contribution in [-0.2, 0) is 29.0 Å². The smallest absolute Gasteiger partial charge is 0.263 e. The fraction of sp³-hybridized carbons (Fsp3) is 0.273. The van der Waals surface area contributed by atoms with Crippen LogP contribution in [0.5, 0.6) is 0 Å². The highest BCUT2D eigenvalue weighted by molar-refractivity contribution is 6.33. The van der Waals surface area contributed by atoms with E-state index in [2.05, 4.69) is 20.5 Å². The Kier molecular flexibility index (Phi) is 4.32. The predicted molar refractivity (Wildman–Crippen MR) is 114 cm³/mol. The maximum atomic E-state index is 13.2. The van der Waals surface area contributed by atoms with Crippen molar-refractivity contribution < 1.29 is 14.1 Å². The van der Waals surface area contributed by atoms with E-state index in [9.17, 15) is 9.59 Å². The molecule has 6 rings (SSSR count). The molecule has 1 fully saturated rings. The highest BCUT2D eigenvalue weighted by Crippen LogP contribution is 2.35. The molecule has 2 aliphatic heterocycles. The summed E-state index contributed by atoms with van der Waals surface area (Å²) in [6.07, 6.45) is 3.09. The lowest BCUT2D eigenvalue weighted by Gasteiger charge is -2.19. The fourth-order valence-electron chi connectivity index (χ4n) is 4.52. The minimum atomic E-state index is -0.873. The highest BCUT2D eigenvalue weighted by atomic mass is 35.5. The Hall–Kier alpha value is -3.59. The van der Waals surface area contributed by atoms with Crippen LogP contribution in [0.1, 0.15) is 23.4 Å². The number of fused-ring (bicyclic) bond motifs is 2. The van der Waals surface area contributed by atoms with E-state index in [0.717, 1.165) is 19.3 Å². The van der Waals surface area contributed by atoms with Gasteiger partial charge < -0.3 is 4.52 Å². The van der Waals surface area contributed by atoms with Crippen LogP contribution in [0.3, 0.4) is 0 Å². The van der Waals surface area contributed by atoms with Crippen molar-refractivity contribution in [3.8, 4) is 11.4 Å². The lowest BCUT2D eigenvalue weighted by molar-refractivity contribution is -0.123. The molecule has 32 heavy (non-hydrogen) atoms. The number of halogens is 1. The van der Waals surface area contributed by atoms with Crippen LogP contribution in [0, 0.1) is 0 Å². The summed E-state index contributed by atoms with van der Waals surface area (Å²) in [6, 6.07) is 11.2. The fourth-order valence-corrected chi connectivity index (χ4v) is 4.74. The van der Waals surface area contributed by atoms with Gasteiger partial charge in [0, 0.05) is 5.56 Å². The van der Waals surface area contributed by atoms with E-state index in [4.69, 9.17) is 16.1 Å². The standard InChI is InChI=1S/C22H17ClN6O3/c23-16-7-2-1-6-15(16)20-24-17(32-26-20)11-28-19-18(25-27-28)21(30)29(22(19)31)14-9-8-12-4-3-5-13(12)10-14/h1-2,6-10,18-19H,3-5,11H2/t18-,19+/m0/s1. The summed E-state index contributed by atoms with van der Waals surface area (Å²) < 4.78 is 5.34. The van der Waals surface area contributed by atoms with Gasteiger partial charge in [-0.3, -0.25) is 14.6 Å². The van der Waals surface area contributed by atoms with Crippen molar-refractivity contribution in [2.75, 3.05) is 4.90 Å². The molecule has 3 aliphatic rings. The van der Waals surface area contributed by atoms with E-state index in [1.54, 1.807) is 12.1 Å². The number of hydrogen-bond donors (Lipinski definition) is 0. The van der Waals surface area contributed by atoms with E-state index in [1.165, 1.54) is 21.0 Å². The number of nitrogens with zero attached hydrogens (tertiary/aromatic N) is 6. The minimum absolute atomic E-state index is 0.0547. The summed E-state index contributed by atoms with van der Waals surface area (Å²) >= 11 is 6.20. The number of amides is 2. The van der Waals surface area contributed by atoms with Crippen molar-refractivity contribution in [1.29, 1.82) is 0 Å². The third-order valence-corrected chi connectivity index (χ3v) is 6.41. The third-order valence-electron chi connectivity index (χ3n) is 6.08. The van der Waals surface area contributed by atoms with Crippen LogP contribution in [0.15, 0.2) is 57.3 Å². The summed E-state index contributed by atoms with van der Waals surface area (Å²) in [5.41, 5.74) is 3.70. The molecular formula is C22H17ClN6O3. The van der Waals surface area contributed by atoms with E-state index in [0.29, 0.717) is 22.1 Å². The van der Waals surface area contributed by atoms with Gasteiger partial charge in [-0.2, -0.15) is 10.1 Å². The largest absolute Gasteiger partial charge is 0.337 e. The average molecular weight is 449 g/mol. The summed E-state index contributed by atoms with van der Waals surface area (Å²) in [7, 11) is 0. The van der Waals surface area contributed by atoms with Gasteiger partial charge in [0.15, 0.2) is 12.1 Å². The van der Waals surface area contributed by atoms with Gasteiger partial charge in [-0.15, -0.1) is 0 Å². The summed E-state index contributed by atoms with van der Waals surface area (Å²) in [6.45, 7) is 0.0547.